The van der Waals surface area contributed by atoms with Crippen molar-refractivity contribution in [3.63, 3.8) is 0 Å². The van der Waals surface area contributed by atoms with Gasteiger partial charge in [-0.05, 0) is 36.5 Å². The molecular weight excluding hydrogens is 406 g/mol. The molecule has 0 spiro atoms. The monoisotopic (exact) mass is 435 g/mol. The third-order valence-electron chi connectivity index (χ3n) is 6.13. The molecule has 3 aromatic rings. The second-order valence-corrected chi connectivity index (χ2v) is 9.82. The summed E-state index contributed by atoms with van der Waals surface area (Å²) in [5.74, 6) is 0.00912. The molecule has 5 heteroatoms. The Kier molecular flexibility index (Phi) is 6.56. The van der Waals surface area contributed by atoms with Crippen LogP contribution in [0.1, 0.15) is 36.5 Å². The molecule has 0 radical (unpaired) electrons. The van der Waals surface area contributed by atoms with E-state index in [0.717, 1.165) is 13.1 Å². The third-order valence-corrected chi connectivity index (χ3v) is 7.40. The molecule has 0 saturated carbocycles. The zero-order valence-corrected chi connectivity index (χ0v) is 18.7. The van der Waals surface area contributed by atoms with Crippen molar-refractivity contribution in [2.24, 2.45) is 0 Å². The van der Waals surface area contributed by atoms with Gasteiger partial charge in [0.15, 0.2) is 0 Å². The maximum absolute atomic E-state index is 12.0. The average molecular weight is 436 g/mol. The van der Waals surface area contributed by atoms with E-state index in [1.165, 1.54) is 16.7 Å². The standard InChI is InChI=1S/C26H29NO3S/c1-2-31(28,29)30-25-18-20-27(21-19-25)26(22-12-6-3-7-13-22,23-14-8-4-9-15-23)24-16-10-5-11-17-24/h3-17,25H,2,18-21H2,1H3. The van der Waals surface area contributed by atoms with Gasteiger partial charge in [0, 0.05) is 13.1 Å². The molecule has 1 heterocycles. The highest BCUT2D eigenvalue weighted by Crippen LogP contribution is 2.43. The van der Waals surface area contributed by atoms with Crippen LogP contribution in [-0.2, 0) is 19.8 Å². The highest BCUT2D eigenvalue weighted by molar-refractivity contribution is 7.86. The summed E-state index contributed by atoms with van der Waals surface area (Å²) in [5, 5.41) is 0. The molecule has 0 atom stereocenters. The van der Waals surface area contributed by atoms with Crippen molar-refractivity contribution >= 4 is 10.1 Å². The fourth-order valence-electron chi connectivity index (χ4n) is 4.65. The Labute approximate surface area is 185 Å². The zero-order valence-electron chi connectivity index (χ0n) is 17.9. The van der Waals surface area contributed by atoms with E-state index >= 15 is 0 Å². The van der Waals surface area contributed by atoms with Crippen LogP contribution in [0.2, 0.25) is 0 Å². The lowest BCUT2D eigenvalue weighted by molar-refractivity contribution is 0.0608. The van der Waals surface area contributed by atoms with Crippen molar-refractivity contribution in [2.45, 2.75) is 31.4 Å². The second-order valence-electron chi connectivity index (χ2n) is 7.94. The quantitative estimate of drug-likeness (QED) is 0.395. The molecule has 4 nitrogen and oxygen atoms in total. The summed E-state index contributed by atoms with van der Waals surface area (Å²) >= 11 is 0. The van der Waals surface area contributed by atoms with Gasteiger partial charge in [0.05, 0.1) is 17.4 Å². The van der Waals surface area contributed by atoms with Crippen LogP contribution in [-0.4, -0.2) is 38.3 Å². The van der Waals surface area contributed by atoms with Gasteiger partial charge < -0.3 is 0 Å². The Morgan fingerprint density at radius 2 is 1.16 bits per heavy atom. The first-order valence-electron chi connectivity index (χ1n) is 10.9. The van der Waals surface area contributed by atoms with Gasteiger partial charge in [0.1, 0.15) is 0 Å². The molecule has 3 aromatic carbocycles. The van der Waals surface area contributed by atoms with E-state index < -0.39 is 15.7 Å². The summed E-state index contributed by atoms with van der Waals surface area (Å²) < 4.78 is 29.4. The average Bonchev–Trinajstić information content (AvgIpc) is 2.83. The lowest BCUT2D eigenvalue weighted by atomic mass is 9.74. The van der Waals surface area contributed by atoms with Crippen LogP contribution in [0, 0.1) is 0 Å². The highest BCUT2D eigenvalue weighted by atomic mass is 32.2. The minimum absolute atomic E-state index is 0.00912. The number of benzene rings is 3. The molecular formula is C26H29NO3S. The van der Waals surface area contributed by atoms with Crippen LogP contribution >= 0.6 is 0 Å². The Bertz CT molecular complexity index is 965. The largest absolute Gasteiger partial charge is 0.286 e. The van der Waals surface area contributed by atoms with Crippen LogP contribution in [0.25, 0.3) is 0 Å². The predicted octanol–water partition coefficient (Wildman–Crippen LogP) is 4.81. The fourth-order valence-corrected chi connectivity index (χ4v) is 5.39. The lowest BCUT2D eigenvalue weighted by Gasteiger charge is -2.48. The van der Waals surface area contributed by atoms with Crippen LogP contribution in [0.15, 0.2) is 91.0 Å². The van der Waals surface area contributed by atoms with E-state index in [-0.39, 0.29) is 11.9 Å². The van der Waals surface area contributed by atoms with E-state index in [9.17, 15) is 8.42 Å². The second kappa shape index (κ2) is 9.35. The fraction of sp³-hybridized carbons (Fsp3) is 0.308. The Morgan fingerprint density at radius 3 is 1.52 bits per heavy atom. The number of hydrogen-bond acceptors (Lipinski definition) is 4. The van der Waals surface area contributed by atoms with Gasteiger partial charge in [0.25, 0.3) is 10.1 Å². The van der Waals surface area contributed by atoms with Gasteiger partial charge in [-0.15, -0.1) is 0 Å². The van der Waals surface area contributed by atoms with Gasteiger partial charge in [-0.2, -0.15) is 8.42 Å². The molecule has 1 aliphatic rings. The third kappa shape index (κ3) is 4.45. The number of hydrogen-bond donors (Lipinski definition) is 0. The predicted molar refractivity (Wildman–Crippen MR) is 124 cm³/mol. The van der Waals surface area contributed by atoms with E-state index in [1.54, 1.807) is 6.92 Å². The summed E-state index contributed by atoms with van der Waals surface area (Å²) in [6.07, 6.45) is 1.09. The van der Waals surface area contributed by atoms with Crippen LogP contribution < -0.4 is 0 Å². The van der Waals surface area contributed by atoms with E-state index in [2.05, 4.69) is 77.7 Å². The lowest BCUT2D eigenvalue weighted by Crippen LogP contribution is -2.52. The van der Waals surface area contributed by atoms with Gasteiger partial charge >= 0.3 is 0 Å². The van der Waals surface area contributed by atoms with Gasteiger partial charge in [0.2, 0.25) is 0 Å². The number of likely N-dealkylation sites (tertiary alicyclic amines) is 1. The first kappa shape index (κ1) is 21.8. The summed E-state index contributed by atoms with van der Waals surface area (Å²) in [6, 6.07) is 31.7. The van der Waals surface area contributed by atoms with Gasteiger partial charge in [-0.3, -0.25) is 9.08 Å². The van der Waals surface area contributed by atoms with E-state index in [1.807, 2.05) is 18.2 Å². The molecule has 162 valence electrons. The topological polar surface area (TPSA) is 46.6 Å². The smallest absolute Gasteiger partial charge is 0.267 e. The van der Waals surface area contributed by atoms with E-state index in [0.29, 0.717) is 12.8 Å². The molecule has 0 unspecified atom stereocenters. The summed E-state index contributed by atoms with van der Waals surface area (Å²) in [6.45, 7) is 3.10. The van der Waals surface area contributed by atoms with Crippen molar-refractivity contribution in [1.29, 1.82) is 0 Å². The SMILES string of the molecule is CCS(=O)(=O)OC1CCN(C(c2ccccc2)(c2ccccc2)c2ccccc2)CC1. The van der Waals surface area contributed by atoms with Crippen LogP contribution in [0.5, 0.6) is 0 Å². The van der Waals surface area contributed by atoms with E-state index in [4.69, 9.17) is 4.18 Å². The first-order chi connectivity index (χ1) is 15.1. The van der Waals surface area contributed by atoms with Crippen LogP contribution in [0.4, 0.5) is 0 Å². The first-order valence-corrected chi connectivity index (χ1v) is 12.5. The molecule has 0 aliphatic carbocycles. The maximum atomic E-state index is 12.0. The Balaban J connectivity index is 1.79. The van der Waals surface area contributed by atoms with Crippen molar-refractivity contribution in [1.82, 2.24) is 4.90 Å². The minimum atomic E-state index is -3.45. The summed E-state index contributed by atoms with van der Waals surface area (Å²) in [5.41, 5.74) is 3.15. The van der Waals surface area contributed by atoms with Crippen molar-refractivity contribution in [3.8, 4) is 0 Å². The zero-order chi connectivity index (χ0) is 21.7. The molecule has 1 saturated heterocycles. The van der Waals surface area contributed by atoms with Crippen molar-refractivity contribution < 1.29 is 12.6 Å². The molecule has 0 amide bonds. The number of nitrogens with zero attached hydrogens (tertiary/aromatic N) is 1. The minimum Gasteiger partial charge on any atom is -0.286 e. The molecule has 1 aliphatic heterocycles. The molecule has 0 aromatic heterocycles. The van der Waals surface area contributed by atoms with Gasteiger partial charge in [-0.25, -0.2) is 0 Å². The molecule has 0 N–H and O–H groups in total. The highest BCUT2D eigenvalue weighted by Gasteiger charge is 2.43. The molecule has 31 heavy (non-hydrogen) atoms. The summed E-state index contributed by atoms with van der Waals surface area (Å²) in [4.78, 5) is 2.48. The van der Waals surface area contributed by atoms with Gasteiger partial charge in [-0.1, -0.05) is 91.0 Å². The Hall–Kier alpha value is -2.47. The van der Waals surface area contributed by atoms with Crippen molar-refractivity contribution in [2.75, 3.05) is 18.8 Å². The van der Waals surface area contributed by atoms with Crippen LogP contribution in [0.3, 0.4) is 0 Å². The Morgan fingerprint density at radius 1 is 0.774 bits per heavy atom. The molecule has 0 bridgehead atoms. The van der Waals surface area contributed by atoms with Crippen molar-refractivity contribution in [3.05, 3.63) is 108 Å². The molecule has 1 fully saturated rings. The number of piperidine rings is 1. The molecule has 4 rings (SSSR count). The normalized spacial score (nSPS) is 16.3. The maximum Gasteiger partial charge on any atom is 0.267 e. The number of rotatable bonds is 7. The summed E-state index contributed by atoms with van der Waals surface area (Å²) in [7, 11) is -3.45.